The zero-order valence-electron chi connectivity index (χ0n) is 21.0. The van der Waals surface area contributed by atoms with Gasteiger partial charge < -0.3 is 20.6 Å². The molecule has 200 valence electrons. The lowest BCUT2D eigenvalue weighted by atomic mass is 10.1. The second-order valence-corrected chi connectivity index (χ2v) is 9.37. The number of aliphatic carboxylic acids is 1. The highest BCUT2D eigenvalue weighted by Gasteiger charge is 2.21. The molecule has 0 fully saturated rings. The second kappa shape index (κ2) is 12.7. The number of unbranched alkanes of at least 4 members (excludes halogenated alkanes) is 1. The zero-order chi connectivity index (χ0) is 26.2. The van der Waals surface area contributed by atoms with Gasteiger partial charge in [-0.05, 0) is 56.7 Å². The van der Waals surface area contributed by atoms with Gasteiger partial charge in [-0.2, -0.15) is 5.10 Å². The predicted molar refractivity (Wildman–Crippen MR) is 137 cm³/mol. The molecular weight excluding hydrogens is 482 g/mol. The molecule has 0 aromatic carbocycles. The van der Waals surface area contributed by atoms with E-state index in [4.69, 9.17) is 4.98 Å². The normalized spacial score (nSPS) is 14.1. The lowest BCUT2D eigenvalue weighted by molar-refractivity contribution is -0.138. The number of carboxylic acid groups (broad SMARTS) is 1. The number of carboxylic acids is 1. The summed E-state index contributed by atoms with van der Waals surface area (Å²) in [6, 6.07) is 3.27. The van der Waals surface area contributed by atoms with Crippen LogP contribution in [0.5, 0.6) is 0 Å². The summed E-state index contributed by atoms with van der Waals surface area (Å²) >= 11 is 0. The molecule has 0 radical (unpaired) electrons. The van der Waals surface area contributed by atoms with Crippen molar-refractivity contribution in [3.63, 3.8) is 0 Å². The number of hydrogen-bond donors (Lipinski definition) is 3. The molecule has 1 aliphatic rings. The summed E-state index contributed by atoms with van der Waals surface area (Å²) in [5.41, 5.74) is 2.86. The van der Waals surface area contributed by atoms with Gasteiger partial charge in [-0.3, -0.25) is 4.68 Å². The van der Waals surface area contributed by atoms with Crippen molar-refractivity contribution in [1.29, 1.82) is 0 Å². The fourth-order valence-corrected chi connectivity index (χ4v) is 4.58. The Morgan fingerprint density at radius 3 is 2.86 bits per heavy atom. The minimum atomic E-state index is -2.40. The highest BCUT2D eigenvalue weighted by molar-refractivity contribution is 5.88. The van der Waals surface area contributed by atoms with E-state index in [-0.39, 0.29) is 19.4 Å². The third kappa shape index (κ3) is 7.31. The Kier molecular flexibility index (Phi) is 9.15. The van der Waals surface area contributed by atoms with Gasteiger partial charge in [-0.15, -0.1) is 0 Å². The van der Waals surface area contributed by atoms with E-state index in [1.807, 2.05) is 4.90 Å². The molecule has 3 aromatic rings. The van der Waals surface area contributed by atoms with E-state index in [1.165, 1.54) is 11.9 Å². The van der Waals surface area contributed by atoms with Crippen LogP contribution in [0.1, 0.15) is 43.4 Å². The Bertz CT molecular complexity index is 1190. The maximum Gasteiger partial charge on any atom is 0.326 e. The van der Waals surface area contributed by atoms with Crippen molar-refractivity contribution in [1.82, 2.24) is 29.6 Å². The van der Waals surface area contributed by atoms with Crippen molar-refractivity contribution in [2.45, 2.75) is 57.4 Å². The van der Waals surface area contributed by atoms with Gasteiger partial charge in [-0.25, -0.2) is 28.5 Å². The minimum Gasteiger partial charge on any atom is -0.480 e. The molecule has 3 N–H and O–H groups in total. The van der Waals surface area contributed by atoms with Crippen LogP contribution in [-0.2, 0) is 24.7 Å². The molecule has 0 saturated heterocycles. The van der Waals surface area contributed by atoms with Crippen LogP contribution in [0.25, 0.3) is 11.0 Å². The molecule has 1 atom stereocenters. The number of pyridine rings is 1. The van der Waals surface area contributed by atoms with Crippen molar-refractivity contribution >= 4 is 28.6 Å². The first-order chi connectivity index (χ1) is 17.9. The topological polar surface area (TPSA) is 121 Å². The second-order valence-electron chi connectivity index (χ2n) is 9.37. The standard InChI is InChI=1S/C25H34F2N8O2/c1-34-24-19(15-31-34)23(29-16-30-24)33-20(25(36)37)9-13-35(14-10-21(26)27)12-3-2-6-18-8-7-17-5-4-11-28-22(17)32-18/h7-8,15-16,20-21H,2-6,9-14H2,1H3,(H,28,32)(H,36,37)(H,29,30,33)/t20-/m0/s1. The molecule has 0 saturated carbocycles. The number of halogens is 2. The van der Waals surface area contributed by atoms with Crippen LogP contribution in [0.4, 0.5) is 20.4 Å². The Balaban J connectivity index is 1.31. The van der Waals surface area contributed by atoms with Crippen LogP contribution in [0.15, 0.2) is 24.7 Å². The largest absolute Gasteiger partial charge is 0.480 e. The number of aromatic nitrogens is 5. The van der Waals surface area contributed by atoms with Crippen LogP contribution in [0.2, 0.25) is 0 Å². The molecule has 12 heteroatoms. The number of alkyl halides is 2. The van der Waals surface area contributed by atoms with Crippen molar-refractivity contribution in [2.24, 2.45) is 7.05 Å². The Hall–Kier alpha value is -3.41. The fraction of sp³-hybridized carbons (Fsp3) is 0.560. The van der Waals surface area contributed by atoms with E-state index in [2.05, 4.69) is 37.8 Å². The van der Waals surface area contributed by atoms with Gasteiger partial charge in [0.25, 0.3) is 0 Å². The molecule has 37 heavy (non-hydrogen) atoms. The summed E-state index contributed by atoms with van der Waals surface area (Å²) in [5, 5.41) is 20.9. The molecule has 3 aromatic heterocycles. The van der Waals surface area contributed by atoms with Gasteiger partial charge in [0.05, 0.1) is 11.6 Å². The van der Waals surface area contributed by atoms with Gasteiger partial charge in [0, 0.05) is 38.8 Å². The number of nitrogens with one attached hydrogen (secondary N) is 2. The molecule has 10 nitrogen and oxygen atoms in total. The van der Waals surface area contributed by atoms with Crippen molar-refractivity contribution in [3.05, 3.63) is 35.9 Å². The highest BCUT2D eigenvalue weighted by atomic mass is 19.3. The molecule has 0 amide bonds. The monoisotopic (exact) mass is 516 g/mol. The summed E-state index contributed by atoms with van der Waals surface area (Å²) < 4.78 is 27.5. The van der Waals surface area contributed by atoms with Gasteiger partial charge >= 0.3 is 5.97 Å². The minimum absolute atomic E-state index is 0.214. The zero-order valence-corrected chi connectivity index (χ0v) is 21.0. The molecule has 4 heterocycles. The number of hydrogen-bond acceptors (Lipinski definition) is 8. The van der Waals surface area contributed by atoms with Gasteiger partial charge in [0.1, 0.15) is 24.0 Å². The first kappa shape index (κ1) is 26.6. The van der Waals surface area contributed by atoms with Crippen LogP contribution >= 0.6 is 0 Å². The molecule has 4 rings (SSSR count). The number of fused-ring (bicyclic) bond motifs is 2. The van der Waals surface area contributed by atoms with Crippen molar-refractivity contribution in [2.75, 3.05) is 36.8 Å². The maximum absolute atomic E-state index is 12.9. The lowest BCUT2D eigenvalue weighted by Gasteiger charge is -2.24. The third-order valence-electron chi connectivity index (χ3n) is 6.65. The van der Waals surface area contributed by atoms with Crippen LogP contribution in [-0.4, -0.2) is 79.4 Å². The molecule has 0 bridgehead atoms. The smallest absolute Gasteiger partial charge is 0.326 e. The number of aryl methyl sites for hydroxylation is 3. The van der Waals surface area contributed by atoms with E-state index < -0.39 is 18.4 Å². The lowest BCUT2D eigenvalue weighted by Crippen LogP contribution is -2.36. The van der Waals surface area contributed by atoms with E-state index in [0.29, 0.717) is 29.9 Å². The number of nitrogens with zero attached hydrogens (tertiary/aromatic N) is 6. The summed E-state index contributed by atoms with van der Waals surface area (Å²) in [6.07, 6.45) is 5.19. The van der Waals surface area contributed by atoms with E-state index in [9.17, 15) is 18.7 Å². The number of carbonyl (C=O) groups is 1. The summed E-state index contributed by atoms with van der Waals surface area (Å²) in [6.45, 7) is 2.14. The first-order valence-corrected chi connectivity index (χ1v) is 12.8. The van der Waals surface area contributed by atoms with E-state index >= 15 is 0 Å². The van der Waals surface area contributed by atoms with Crippen LogP contribution in [0.3, 0.4) is 0 Å². The van der Waals surface area contributed by atoms with Crippen molar-refractivity contribution in [3.8, 4) is 0 Å². The van der Waals surface area contributed by atoms with E-state index in [0.717, 1.165) is 50.2 Å². The Morgan fingerprint density at radius 1 is 1.22 bits per heavy atom. The molecule has 0 unspecified atom stereocenters. The summed E-state index contributed by atoms with van der Waals surface area (Å²) in [7, 11) is 1.74. The molecular formula is C25H34F2N8O2. The number of anilines is 2. The third-order valence-corrected chi connectivity index (χ3v) is 6.65. The van der Waals surface area contributed by atoms with Gasteiger partial charge in [0.15, 0.2) is 5.65 Å². The summed E-state index contributed by atoms with van der Waals surface area (Å²) in [5.74, 6) is 0.329. The maximum atomic E-state index is 12.9. The molecule has 0 aliphatic carbocycles. The predicted octanol–water partition coefficient (Wildman–Crippen LogP) is 3.35. The highest BCUT2D eigenvalue weighted by Crippen LogP contribution is 2.21. The molecule has 0 spiro atoms. The number of rotatable bonds is 14. The average molecular weight is 517 g/mol. The van der Waals surface area contributed by atoms with Crippen LogP contribution in [0, 0.1) is 0 Å². The fourth-order valence-electron chi connectivity index (χ4n) is 4.58. The van der Waals surface area contributed by atoms with E-state index in [1.54, 1.807) is 17.9 Å². The van der Waals surface area contributed by atoms with Crippen LogP contribution < -0.4 is 10.6 Å². The average Bonchev–Trinajstić information content (AvgIpc) is 3.27. The Morgan fingerprint density at radius 2 is 2.05 bits per heavy atom. The SMILES string of the molecule is Cn1ncc2c(N[C@@H](CCN(CCCCc3ccc4c(n3)NCCC4)CCC(F)F)C(=O)O)ncnc21. The van der Waals surface area contributed by atoms with Gasteiger partial charge in [-0.1, -0.05) is 6.07 Å². The van der Waals surface area contributed by atoms with Crippen molar-refractivity contribution < 1.29 is 18.7 Å². The molecule has 1 aliphatic heterocycles. The quantitative estimate of drug-likeness (QED) is 0.277. The summed E-state index contributed by atoms with van der Waals surface area (Å²) in [4.78, 5) is 27.0. The first-order valence-electron chi connectivity index (χ1n) is 12.8. The van der Waals surface area contributed by atoms with Gasteiger partial charge in [0.2, 0.25) is 6.43 Å². The Labute approximate surface area is 214 Å².